The van der Waals surface area contributed by atoms with E-state index in [1.165, 1.54) is 4.57 Å². The minimum absolute atomic E-state index is 0.302. The Morgan fingerprint density at radius 3 is 2.68 bits per heavy atom. The van der Waals surface area contributed by atoms with E-state index in [2.05, 4.69) is 4.90 Å². The third-order valence-electron chi connectivity index (χ3n) is 4.35. The van der Waals surface area contributed by atoms with Gasteiger partial charge >= 0.3 is 12.2 Å². The molecule has 28 heavy (non-hydrogen) atoms. The first-order chi connectivity index (χ1) is 13.5. The molecule has 1 fully saturated rings. The number of carbonyl (C=O) groups is 2. The zero-order valence-electron chi connectivity index (χ0n) is 16.2. The maximum Gasteiger partial charge on any atom is 0.511 e. The van der Waals surface area contributed by atoms with Crippen molar-refractivity contribution in [1.29, 1.82) is 0 Å². The number of ether oxygens (including phenoxy) is 5. The van der Waals surface area contributed by atoms with Gasteiger partial charge < -0.3 is 28.6 Å². The van der Waals surface area contributed by atoms with Crippen molar-refractivity contribution in [3.8, 4) is 5.75 Å². The molecule has 1 aromatic heterocycles. The molecule has 0 saturated carbocycles. The van der Waals surface area contributed by atoms with Crippen LogP contribution in [0.5, 0.6) is 5.75 Å². The monoisotopic (exact) mass is 392 g/mol. The lowest BCUT2D eigenvalue weighted by Gasteiger charge is -2.24. The lowest BCUT2D eigenvalue weighted by molar-refractivity contribution is -0.121. The number of aromatic nitrogens is 1. The number of benzene rings is 1. The number of methoxy groups -OCH3 is 1. The highest BCUT2D eigenvalue weighted by Gasteiger charge is 2.24. The van der Waals surface area contributed by atoms with Crippen LogP contribution in [0.3, 0.4) is 0 Å². The number of carbonyl (C=O) groups excluding carboxylic acids is 2. The number of fused-ring (bicyclic) bond motifs is 1. The third-order valence-corrected chi connectivity index (χ3v) is 4.35. The van der Waals surface area contributed by atoms with Crippen molar-refractivity contribution in [2.24, 2.45) is 0 Å². The quantitative estimate of drug-likeness (QED) is 0.524. The van der Waals surface area contributed by atoms with Gasteiger partial charge in [0.15, 0.2) is 6.10 Å². The molecule has 1 aromatic carbocycles. The van der Waals surface area contributed by atoms with Crippen LogP contribution in [0, 0.1) is 0 Å². The van der Waals surface area contributed by atoms with Gasteiger partial charge in [-0.15, -0.1) is 0 Å². The highest BCUT2D eigenvalue weighted by atomic mass is 16.8. The van der Waals surface area contributed by atoms with Crippen LogP contribution in [0.4, 0.5) is 9.59 Å². The molecule has 0 N–H and O–H groups in total. The van der Waals surface area contributed by atoms with Crippen LogP contribution in [0.2, 0.25) is 0 Å². The topological polar surface area (TPSA) is 88.5 Å². The van der Waals surface area contributed by atoms with Crippen molar-refractivity contribution in [2.45, 2.75) is 12.5 Å². The van der Waals surface area contributed by atoms with Crippen molar-refractivity contribution in [3.05, 3.63) is 30.0 Å². The molecular weight excluding hydrogens is 368 g/mol. The van der Waals surface area contributed by atoms with Crippen LogP contribution in [-0.2, 0) is 25.4 Å². The normalized spacial score (nSPS) is 14.0. The van der Waals surface area contributed by atoms with Crippen LogP contribution >= 0.6 is 0 Å². The molecule has 0 atom stereocenters. The van der Waals surface area contributed by atoms with E-state index in [1.54, 1.807) is 19.4 Å². The molecule has 3 rings (SSSR count). The van der Waals surface area contributed by atoms with E-state index in [1.807, 2.05) is 26.2 Å². The Balaban J connectivity index is 1.68. The van der Waals surface area contributed by atoms with E-state index in [-0.39, 0.29) is 6.10 Å². The molecule has 1 aliphatic heterocycles. The standard InChI is InChI=1S/C19H24N2O7/c1-20(2)7-6-13-9-21(17-8-14(24-3)4-5-16(13)17)18(22)26-12-27-19(23)28-15-10-25-11-15/h4-5,8-9,15H,6-7,10-12H2,1-3H3. The van der Waals surface area contributed by atoms with E-state index in [4.69, 9.17) is 23.7 Å². The smallest absolute Gasteiger partial charge is 0.497 e. The van der Waals surface area contributed by atoms with Crippen LogP contribution in [-0.4, -0.2) is 75.6 Å². The number of nitrogens with zero attached hydrogens (tertiary/aromatic N) is 2. The predicted octanol–water partition coefficient (Wildman–Crippen LogP) is 2.25. The lowest BCUT2D eigenvalue weighted by Crippen LogP contribution is -2.38. The molecule has 0 radical (unpaired) electrons. The zero-order chi connectivity index (χ0) is 20.1. The first-order valence-corrected chi connectivity index (χ1v) is 8.89. The van der Waals surface area contributed by atoms with Crippen molar-refractivity contribution < 1.29 is 33.3 Å². The Kier molecular flexibility index (Phi) is 6.37. The number of rotatable bonds is 7. The second kappa shape index (κ2) is 8.94. The molecule has 1 aliphatic rings. The summed E-state index contributed by atoms with van der Waals surface area (Å²) in [5, 5.41) is 0.935. The Labute approximate surface area is 162 Å². The van der Waals surface area contributed by atoms with E-state index in [9.17, 15) is 9.59 Å². The fraction of sp³-hybridized carbons (Fsp3) is 0.474. The molecule has 1 saturated heterocycles. The average molecular weight is 392 g/mol. The fourth-order valence-electron chi connectivity index (χ4n) is 2.75. The number of likely N-dealkylation sites (N-methyl/N-ethyl adjacent to an activating group) is 1. The summed E-state index contributed by atoms with van der Waals surface area (Å²) >= 11 is 0. The highest BCUT2D eigenvalue weighted by Crippen LogP contribution is 2.26. The summed E-state index contributed by atoms with van der Waals surface area (Å²) in [7, 11) is 5.54. The lowest BCUT2D eigenvalue weighted by atomic mass is 10.1. The van der Waals surface area contributed by atoms with Crippen molar-refractivity contribution in [3.63, 3.8) is 0 Å². The van der Waals surface area contributed by atoms with Gasteiger partial charge in [-0.1, -0.05) is 0 Å². The molecule has 9 heteroatoms. The van der Waals surface area contributed by atoms with Gasteiger partial charge in [-0.05, 0) is 38.2 Å². The molecule has 9 nitrogen and oxygen atoms in total. The maximum atomic E-state index is 12.5. The SMILES string of the molecule is COc1ccc2c(CCN(C)C)cn(C(=O)OCOC(=O)OC3COC3)c2c1. The average Bonchev–Trinajstić information content (AvgIpc) is 3.00. The Hall–Kier alpha value is -2.78. The summed E-state index contributed by atoms with van der Waals surface area (Å²) in [5.41, 5.74) is 1.67. The summed E-state index contributed by atoms with van der Waals surface area (Å²) in [6.07, 6.45) is 0.645. The van der Waals surface area contributed by atoms with Crippen LogP contribution < -0.4 is 4.74 Å². The number of hydrogen-bond acceptors (Lipinski definition) is 8. The first-order valence-electron chi connectivity index (χ1n) is 8.89. The Morgan fingerprint density at radius 1 is 1.25 bits per heavy atom. The molecule has 0 aliphatic carbocycles. The maximum absolute atomic E-state index is 12.5. The van der Waals surface area contributed by atoms with Gasteiger partial charge in [0, 0.05) is 24.2 Å². The second-order valence-electron chi connectivity index (χ2n) is 6.66. The predicted molar refractivity (Wildman–Crippen MR) is 99.7 cm³/mol. The van der Waals surface area contributed by atoms with E-state index in [0.29, 0.717) is 24.5 Å². The van der Waals surface area contributed by atoms with Gasteiger partial charge in [0.25, 0.3) is 0 Å². The van der Waals surface area contributed by atoms with Crippen LogP contribution in [0.25, 0.3) is 10.9 Å². The molecule has 0 amide bonds. The summed E-state index contributed by atoms with van der Waals surface area (Å²) in [5.74, 6) is 0.626. The fourth-order valence-corrected chi connectivity index (χ4v) is 2.75. The molecule has 0 unspecified atom stereocenters. The molecule has 2 aromatic rings. The van der Waals surface area contributed by atoms with Gasteiger partial charge in [0.1, 0.15) is 5.75 Å². The van der Waals surface area contributed by atoms with Crippen LogP contribution in [0.1, 0.15) is 5.56 Å². The summed E-state index contributed by atoms with van der Waals surface area (Å²) in [6.45, 7) is 0.992. The Morgan fingerprint density at radius 2 is 2.04 bits per heavy atom. The van der Waals surface area contributed by atoms with Crippen molar-refractivity contribution in [1.82, 2.24) is 9.47 Å². The molecule has 2 heterocycles. The van der Waals surface area contributed by atoms with Crippen LogP contribution in [0.15, 0.2) is 24.4 Å². The molecule has 152 valence electrons. The number of hydrogen-bond donors (Lipinski definition) is 0. The summed E-state index contributed by atoms with van der Waals surface area (Å²) in [6, 6.07) is 5.53. The van der Waals surface area contributed by atoms with Crippen molar-refractivity contribution >= 4 is 23.2 Å². The van der Waals surface area contributed by atoms with Gasteiger partial charge in [0.05, 0.1) is 25.8 Å². The zero-order valence-corrected chi connectivity index (χ0v) is 16.2. The molecule has 0 spiro atoms. The minimum atomic E-state index is -0.896. The van der Waals surface area contributed by atoms with Gasteiger partial charge in [-0.25, -0.2) is 9.59 Å². The molecular formula is C19H24N2O7. The first kappa shape index (κ1) is 20.0. The van der Waals surface area contributed by atoms with E-state index in [0.717, 1.165) is 23.9 Å². The van der Waals surface area contributed by atoms with E-state index >= 15 is 0 Å². The van der Waals surface area contributed by atoms with Crippen molar-refractivity contribution in [2.75, 3.05) is 47.8 Å². The van der Waals surface area contributed by atoms with Gasteiger partial charge in [0.2, 0.25) is 6.79 Å². The Bertz CT molecular complexity index is 842. The minimum Gasteiger partial charge on any atom is -0.497 e. The van der Waals surface area contributed by atoms with Gasteiger partial charge in [-0.2, -0.15) is 0 Å². The summed E-state index contributed by atoms with van der Waals surface area (Å²) in [4.78, 5) is 26.1. The third kappa shape index (κ3) is 4.73. The van der Waals surface area contributed by atoms with E-state index < -0.39 is 19.0 Å². The molecule has 0 bridgehead atoms. The van der Waals surface area contributed by atoms with Gasteiger partial charge in [-0.3, -0.25) is 4.57 Å². The largest absolute Gasteiger partial charge is 0.511 e. The highest BCUT2D eigenvalue weighted by molar-refractivity contribution is 5.92. The summed E-state index contributed by atoms with van der Waals surface area (Å²) < 4.78 is 26.3. The second-order valence-corrected chi connectivity index (χ2v) is 6.66.